The molecule has 0 aliphatic carbocycles. The minimum atomic E-state index is -0.762. The first kappa shape index (κ1) is 14.1. The number of nitro groups is 1. The number of pyridine rings is 1. The number of anilines is 1. The first-order valence-corrected chi connectivity index (χ1v) is 6.14. The Kier molecular flexibility index (Phi) is 4.04. The molecule has 1 amide bonds. The van der Waals surface area contributed by atoms with Crippen LogP contribution >= 0.6 is 15.9 Å². The lowest BCUT2D eigenvalue weighted by molar-refractivity contribution is -0.385. The Hall–Kier alpha value is -2.35. The van der Waals surface area contributed by atoms with Crippen LogP contribution in [0.5, 0.6) is 0 Å². The molecule has 0 radical (unpaired) electrons. The van der Waals surface area contributed by atoms with Crippen molar-refractivity contribution in [1.82, 2.24) is 4.98 Å². The predicted molar refractivity (Wildman–Crippen MR) is 72.9 cm³/mol. The maximum Gasteiger partial charge on any atom is 0.283 e. The van der Waals surface area contributed by atoms with Gasteiger partial charge in [-0.25, -0.2) is 4.98 Å². The van der Waals surface area contributed by atoms with Gasteiger partial charge >= 0.3 is 0 Å². The number of halogens is 2. The number of nitro benzene ring substituents is 1. The fourth-order valence-corrected chi connectivity index (χ4v) is 1.99. The van der Waals surface area contributed by atoms with E-state index in [1.54, 1.807) is 0 Å². The van der Waals surface area contributed by atoms with Crippen LogP contribution in [-0.2, 0) is 0 Å². The number of hydrogen-bond donors (Lipinski definition) is 1. The van der Waals surface area contributed by atoms with Gasteiger partial charge in [-0.15, -0.1) is 0 Å². The van der Waals surface area contributed by atoms with Crippen molar-refractivity contribution >= 4 is 33.2 Å². The molecule has 0 aliphatic rings. The SMILES string of the molecule is O=C(Nc1ccc([N+](=O)[O-])c(Br)c1)c1cccc(F)n1. The highest BCUT2D eigenvalue weighted by Crippen LogP contribution is 2.27. The molecule has 20 heavy (non-hydrogen) atoms. The lowest BCUT2D eigenvalue weighted by Gasteiger charge is -2.05. The van der Waals surface area contributed by atoms with E-state index < -0.39 is 16.8 Å². The molecule has 0 saturated carbocycles. The lowest BCUT2D eigenvalue weighted by atomic mass is 10.2. The number of benzene rings is 1. The van der Waals surface area contributed by atoms with Gasteiger partial charge in [-0.2, -0.15) is 4.39 Å². The average molecular weight is 340 g/mol. The van der Waals surface area contributed by atoms with Crippen molar-refractivity contribution in [3.05, 3.63) is 62.6 Å². The van der Waals surface area contributed by atoms with Crippen molar-refractivity contribution in [3.8, 4) is 0 Å². The monoisotopic (exact) mass is 339 g/mol. The van der Waals surface area contributed by atoms with Crippen molar-refractivity contribution in [2.24, 2.45) is 0 Å². The Morgan fingerprint density at radius 2 is 2.10 bits per heavy atom. The summed E-state index contributed by atoms with van der Waals surface area (Å²) in [6, 6.07) is 7.86. The van der Waals surface area contributed by atoms with Crippen LogP contribution in [0.4, 0.5) is 15.8 Å². The second-order valence-corrected chi connectivity index (χ2v) is 4.58. The summed E-state index contributed by atoms with van der Waals surface area (Å²) in [5.74, 6) is -1.37. The van der Waals surface area contributed by atoms with Gasteiger partial charge in [0.1, 0.15) is 5.69 Å². The van der Waals surface area contributed by atoms with E-state index in [4.69, 9.17) is 0 Å². The van der Waals surface area contributed by atoms with E-state index in [1.165, 1.54) is 30.3 Å². The zero-order chi connectivity index (χ0) is 14.7. The highest BCUT2D eigenvalue weighted by atomic mass is 79.9. The van der Waals surface area contributed by atoms with Gasteiger partial charge < -0.3 is 5.32 Å². The third-order valence-corrected chi connectivity index (χ3v) is 2.99. The van der Waals surface area contributed by atoms with Crippen LogP contribution in [0.3, 0.4) is 0 Å². The van der Waals surface area contributed by atoms with Crippen LogP contribution in [0.15, 0.2) is 40.9 Å². The summed E-state index contributed by atoms with van der Waals surface area (Å²) >= 11 is 3.04. The minimum Gasteiger partial charge on any atom is -0.321 e. The second kappa shape index (κ2) is 5.74. The molecule has 0 unspecified atom stereocenters. The summed E-state index contributed by atoms with van der Waals surface area (Å²) in [5.41, 5.74) is 0.130. The van der Waals surface area contributed by atoms with Crippen LogP contribution in [-0.4, -0.2) is 15.8 Å². The molecule has 1 heterocycles. The quantitative estimate of drug-likeness (QED) is 0.528. The second-order valence-electron chi connectivity index (χ2n) is 3.72. The molecule has 1 N–H and O–H groups in total. The van der Waals surface area contributed by atoms with Gasteiger partial charge in [-0.05, 0) is 40.2 Å². The van der Waals surface area contributed by atoms with Crippen molar-refractivity contribution in [2.75, 3.05) is 5.32 Å². The van der Waals surface area contributed by atoms with Crippen molar-refractivity contribution < 1.29 is 14.1 Å². The Morgan fingerprint density at radius 1 is 1.35 bits per heavy atom. The molecule has 1 aromatic heterocycles. The summed E-state index contributed by atoms with van der Waals surface area (Å²) in [7, 11) is 0. The van der Waals surface area contributed by atoms with Crippen LogP contribution in [0, 0.1) is 16.1 Å². The van der Waals surface area contributed by atoms with E-state index in [9.17, 15) is 19.3 Å². The molecule has 0 atom stereocenters. The van der Waals surface area contributed by atoms with Gasteiger partial charge in [-0.3, -0.25) is 14.9 Å². The molecule has 0 fully saturated rings. The summed E-state index contributed by atoms with van der Waals surface area (Å²) in [4.78, 5) is 25.3. The fraction of sp³-hybridized carbons (Fsp3) is 0. The van der Waals surface area contributed by atoms with Gasteiger partial charge in [0.15, 0.2) is 0 Å². The Morgan fingerprint density at radius 3 is 2.70 bits per heavy atom. The topological polar surface area (TPSA) is 85.1 Å². The number of carbonyl (C=O) groups is 1. The standard InChI is InChI=1S/C12H7BrFN3O3/c13-8-6-7(4-5-10(8)17(19)20)15-12(18)9-2-1-3-11(14)16-9/h1-6H,(H,15,18). The van der Waals surface area contributed by atoms with Crippen molar-refractivity contribution in [3.63, 3.8) is 0 Å². The Bertz CT molecular complexity index is 693. The Balaban J connectivity index is 2.20. The molecule has 2 aromatic rings. The third-order valence-electron chi connectivity index (χ3n) is 2.35. The number of aromatic nitrogens is 1. The highest BCUT2D eigenvalue weighted by molar-refractivity contribution is 9.10. The minimum absolute atomic E-state index is 0.0838. The molecular formula is C12H7BrFN3O3. The molecule has 6 nitrogen and oxygen atoms in total. The normalized spacial score (nSPS) is 10.1. The number of amides is 1. The van der Waals surface area contributed by atoms with Crippen LogP contribution in [0.1, 0.15) is 10.5 Å². The largest absolute Gasteiger partial charge is 0.321 e. The average Bonchev–Trinajstić information content (AvgIpc) is 2.38. The van der Waals surface area contributed by atoms with Gasteiger partial charge in [0.25, 0.3) is 11.6 Å². The number of hydrogen-bond acceptors (Lipinski definition) is 4. The molecule has 0 bridgehead atoms. The smallest absolute Gasteiger partial charge is 0.283 e. The number of carbonyl (C=O) groups excluding carboxylic acids is 1. The molecular weight excluding hydrogens is 333 g/mol. The molecule has 0 saturated heterocycles. The Labute approximate surface area is 120 Å². The molecule has 102 valence electrons. The predicted octanol–water partition coefficient (Wildman–Crippen LogP) is 3.14. The maximum absolute atomic E-state index is 12.9. The number of rotatable bonds is 3. The molecule has 0 spiro atoms. The first-order valence-electron chi connectivity index (χ1n) is 5.35. The zero-order valence-corrected chi connectivity index (χ0v) is 11.4. The molecule has 1 aromatic carbocycles. The highest BCUT2D eigenvalue weighted by Gasteiger charge is 2.14. The van der Waals surface area contributed by atoms with Crippen molar-refractivity contribution in [1.29, 1.82) is 0 Å². The molecule has 0 aliphatic heterocycles. The molecule has 8 heteroatoms. The fourth-order valence-electron chi connectivity index (χ4n) is 1.46. The van der Waals surface area contributed by atoms with Crippen LogP contribution in [0.2, 0.25) is 0 Å². The summed E-state index contributed by atoms with van der Waals surface area (Å²) < 4.78 is 13.1. The summed E-state index contributed by atoms with van der Waals surface area (Å²) in [6.07, 6.45) is 0. The van der Waals surface area contributed by atoms with Crippen molar-refractivity contribution in [2.45, 2.75) is 0 Å². The van der Waals surface area contributed by atoms with Gasteiger partial charge in [0.05, 0.1) is 9.40 Å². The lowest BCUT2D eigenvalue weighted by Crippen LogP contribution is -2.14. The van der Waals surface area contributed by atoms with Gasteiger partial charge in [0.2, 0.25) is 5.95 Å². The van der Waals surface area contributed by atoms with E-state index >= 15 is 0 Å². The summed E-state index contributed by atoms with van der Waals surface area (Å²) in [6.45, 7) is 0. The van der Waals surface area contributed by atoms with Gasteiger partial charge in [0, 0.05) is 11.8 Å². The van der Waals surface area contributed by atoms with E-state index in [0.717, 1.165) is 6.07 Å². The van der Waals surface area contributed by atoms with Crippen LogP contribution in [0.25, 0.3) is 0 Å². The first-order chi connectivity index (χ1) is 9.47. The van der Waals surface area contributed by atoms with E-state index in [-0.39, 0.29) is 15.9 Å². The van der Waals surface area contributed by atoms with E-state index in [0.29, 0.717) is 5.69 Å². The van der Waals surface area contributed by atoms with Crippen LogP contribution < -0.4 is 5.32 Å². The summed E-state index contributed by atoms with van der Waals surface area (Å²) in [5, 5.41) is 13.1. The van der Waals surface area contributed by atoms with E-state index in [2.05, 4.69) is 26.2 Å². The zero-order valence-electron chi connectivity index (χ0n) is 9.84. The van der Waals surface area contributed by atoms with E-state index in [1.807, 2.05) is 0 Å². The van der Waals surface area contributed by atoms with Gasteiger partial charge in [-0.1, -0.05) is 6.07 Å². The molecule has 2 rings (SSSR count). The maximum atomic E-state index is 12.9. The number of nitrogens with zero attached hydrogens (tertiary/aromatic N) is 2. The number of nitrogens with one attached hydrogen (secondary N) is 1. The third kappa shape index (κ3) is 3.15.